The molecular formula is C14H12Br2ClNO. The van der Waals surface area contributed by atoms with Gasteiger partial charge in [-0.25, -0.2) is 0 Å². The van der Waals surface area contributed by atoms with Crippen molar-refractivity contribution in [1.29, 1.82) is 0 Å². The van der Waals surface area contributed by atoms with Gasteiger partial charge in [-0.05, 0) is 46.3 Å². The van der Waals surface area contributed by atoms with E-state index in [1.54, 1.807) is 0 Å². The Kier molecular flexibility index (Phi) is 5.55. The van der Waals surface area contributed by atoms with Crippen LogP contribution in [0.1, 0.15) is 0 Å². The van der Waals surface area contributed by atoms with Gasteiger partial charge in [0.1, 0.15) is 12.4 Å². The smallest absolute Gasteiger partial charge is 0.139 e. The molecule has 0 bridgehead atoms. The van der Waals surface area contributed by atoms with E-state index in [-0.39, 0.29) is 0 Å². The van der Waals surface area contributed by atoms with Crippen LogP contribution >= 0.6 is 43.5 Å². The van der Waals surface area contributed by atoms with Crippen molar-refractivity contribution in [2.75, 3.05) is 18.5 Å². The van der Waals surface area contributed by atoms with E-state index in [2.05, 4.69) is 37.2 Å². The van der Waals surface area contributed by atoms with Crippen LogP contribution in [0.5, 0.6) is 5.75 Å². The molecule has 0 radical (unpaired) electrons. The molecule has 19 heavy (non-hydrogen) atoms. The fourth-order valence-electron chi connectivity index (χ4n) is 1.54. The second-order valence-corrected chi connectivity index (χ2v) is 6.01. The lowest BCUT2D eigenvalue weighted by Gasteiger charge is -2.11. The van der Waals surface area contributed by atoms with E-state index in [1.165, 1.54) is 0 Å². The molecule has 5 heteroatoms. The monoisotopic (exact) mass is 403 g/mol. The molecule has 0 atom stereocenters. The van der Waals surface area contributed by atoms with Crippen molar-refractivity contribution in [3.63, 3.8) is 0 Å². The van der Waals surface area contributed by atoms with Crippen molar-refractivity contribution in [1.82, 2.24) is 0 Å². The Morgan fingerprint density at radius 1 is 1.11 bits per heavy atom. The van der Waals surface area contributed by atoms with Crippen molar-refractivity contribution in [2.24, 2.45) is 0 Å². The summed E-state index contributed by atoms with van der Waals surface area (Å²) in [5.74, 6) is 0.685. The molecule has 100 valence electrons. The highest BCUT2D eigenvalue weighted by molar-refractivity contribution is 9.10. The molecule has 2 nitrogen and oxygen atoms in total. The van der Waals surface area contributed by atoms with Crippen molar-refractivity contribution in [3.05, 3.63) is 56.4 Å². The molecule has 0 amide bonds. The second kappa shape index (κ2) is 7.17. The van der Waals surface area contributed by atoms with Crippen LogP contribution in [-0.4, -0.2) is 13.2 Å². The number of halogens is 3. The molecule has 0 aliphatic rings. The zero-order chi connectivity index (χ0) is 13.7. The van der Waals surface area contributed by atoms with Gasteiger partial charge in [-0.3, -0.25) is 0 Å². The molecule has 2 aromatic carbocycles. The van der Waals surface area contributed by atoms with E-state index in [1.807, 2.05) is 42.5 Å². The molecule has 0 saturated carbocycles. The largest absolute Gasteiger partial charge is 0.490 e. The normalized spacial score (nSPS) is 10.3. The lowest BCUT2D eigenvalue weighted by atomic mass is 10.3. The van der Waals surface area contributed by atoms with Gasteiger partial charge in [0.05, 0.1) is 5.02 Å². The van der Waals surface area contributed by atoms with Crippen LogP contribution in [-0.2, 0) is 0 Å². The van der Waals surface area contributed by atoms with Gasteiger partial charge in [-0.1, -0.05) is 39.7 Å². The maximum Gasteiger partial charge on any atom is 0.139 e. The van der Waals surface area contributed by atoms with Gasteiger partial charge in [0.2, 0.25) is 0 Å². The van der Waals surface area contributed by atoms with Crippen molar-refractivity contribution >= 4 is 49.1 Å². The Hall–Kier alpha value is -0.710. The fourth-order valence-corrected chi connectivity index (χ4v) is 2.48. The van der Waals surface area contributed by atoms with E-state index in [4.69, 9.17) is 16.3 Å². The summed E-state index contributed by atoms with van der Waals surface area (Å²) in [5.41, 5.74) is 1.05. The molecule has 0 unspecified atom stereocenters. The lowest BCUT2D eigenvalue weighted by Crippen LogP contribution is -2.11. The molecule has 0 spiro atoms. The molecule has 0 aromatic heterocycles. The first-order valence-electron chi connectivity index (χ1n) is 5.73. The summed E-state index contributed by atoms with van der Waals surface area (Å²) in [7, 11) is 0. The Labute approximate surface area is 134 Å². The third-order valence-corrected chi connectivity index (χ3v) is 3.94. The SMILES string of the molecule is Clc1ccc(Br)cc1OCCNc1ccccc1Br. The quantitative estimate of drug-likeness (QED) is 0.677. The van der Waals surface area contributed by atoms with Crippen LogP contribution in [0.2, 0.25) is 5.02 Å². The highest BCUT2D eigenvalue weighted by atomic mass is 79.9. The maximum absolute atomic E-state index is 6.04. The van der Waals surface area contributed by atoms with E-state index in [9.17, 15) is 0 Å². The average Bonchev–Trinajstić information content (AvgIpc) is 2.40. The Morgan fingerprint density at radius 2 is 1.89 bits per heavy atom. The molecule has 2 rings (SSSR count). The summed E-state index contributed by atoms with van der Waals surface area (Å²) in [5, 5.41) is 3.91. The van der Waals surface area contributed by atoms with E-state index in [0.29, 0.717) is 23.9 Å². The van der Waals surface area contributed by atoms with Gasteiger partial charge in [-0.15, -0.1) is 0 Å². The number of anilines is 1. The van der Waals surface area contributed by atoms with Gasteiger partial charge in [0.15, 0.2) is 0 Å². The van der Waals surface area contributed by atoms with Gasteiger partial charge >= 0.3 is 0 Å². The third kappa shape index (κ3) is 4.41. The highest BCUT2D eigenvalue weighted by Gasteiger charge is 2.02. The third-order valence-electron chi connectivity index (χ3n) is 2.44. The number of rotatable bonds is 5. The number of ether oxygens (including phenoxy) is 1. The summed E-state index contributed by atoms with van der Waals surface area (Å²) in [6, 6.07) is 13.5. The minimum absolute atomic E-state index is 0.539. The Bertz CT molecular complexity index is 563. The first-order chi connectivity index (χ1) is 9.16. The maximum atomic E-state index is 6.04. The number of nitrogens with one attached hydrogen (secondary N) is 1. The van der Waals surface area contributed by atoms with Crippen LogP contribution in [0, 0.1) is 0 Å². The topological polar surface area (TPSA) is 21.3 Å². The Morgan fingerprint density at radius 3 is 2.68 bits per heavy atom. The number of para-hydroxylation sites is 1. The predicted molar refractivity (Wildman–Crippen MR) is 87.3 cm³/mol. The lowest BCUT2D eigenvalue weighted by molar-refractivity contribution is 0.333. The van der Waals surface area contributed by atoms with E-state index < -0.39 is 0 Å². The molecule has 0 fully saturated rings. The van der Waals surface area contributed by atoms with Gasteiger partial charge in [-0.2, -0.15) is 0 Å². The van der Waals surface area contributed by atoms with Crippen molar-refractivity contribution < 1.29 is 4.74 Å². The zero-order valence-corrected chi connectivity index (χ0v) is 13.9. The first kappa shape index (κ1) is 14.7. The standard InChI is InChI=1S/C14H12Br2ClNO/c15-10-5-6-12(17)14(9-10)19-8-7-18-13-4-2-1-3-11(13)16/h1-6,9,18H,7-8H2. The van der Waals surface area contributed by atoms with Crippen LogP contribution in [0.3, 0.4) is 0 Å². The fraction of sp³-hybridized carbons (Fsp3) is 0.143. The van der Waals surface area contributed by atoms with Crippen LogP contribution < -0.4 is 10.1 Å². The average molecular weight is 406 g/mol. The summed E-state index contributed by atoms with van der Waals surface area (Å²) in [4.78, 5) is 0. The minimum Gasteiger partial charge on any atom is -0.490 e. The highest BCUT2D eigenvalue weighted by Crippen LogP contribution is 2.28. The summed E-state index contributed by atoms with van der Waals surface area (Å²) < 4.78 is 7.63. The van der Waals surface area contributed by atoms with Crippen LogP contribution in [0.4, 0.5) is 5.69 Å². The van der Waals surface area contributed by atoms with Crippen molar-refractivity contribution in [2.45, 2.75) is 0 Å². The van der Waals surface area contributed by atoms with Crippen LogP contribution in [0.15, 0.2) is 51.4 Å². The van der Waals surface area contributed by atoms with Crippen LogP contribution in [0.25, 0.3) is 0 Å². The Balaban J connectivity index is 1.84. The molecule has 0 heterocycles. The number of hydrogen-bond donors (Lipinski definition) is 1. The van der Waals surface area contributed by atoms with Gasteiger partial charge < -0.3 is 10.1 Å². The summed E-state index contributed by atoms with van der Waals surface area (Å²) >= 11 is 12.9. The van der Waals surface area contributed by atoms with Gasteiger partial charge in [0, 0.05) is 21.2 Å². The molecule has 0 aliphatic carbocycles. The first-order valence-corrected chi connectivity index (χ1v) is 7.69. The number of benzene rings is 2. The van der Waals surface area contributed by atoms with E-state index >= 15 is 0 Å². The predicted octanol–water partition coefficient (Wildman–Crippen LogP) is 5.36. The summed E-state index contributed by atoms with van der Waals surface area (Å²) in [6.07, 6.45) is 0. The summed E-state index contributed by atoms with van der Waals surface area (Å²) in [6.45, 7) is 1.24. The van der Waals surface area contributed by atoms with Gasteiger partial charge in [0.25, 0.3) is 0 Å². The van der Waals surface area contributed by atoms with Crippen molar-refractivity contribution in [3.8, 4) is 5.75 Å². The minimum atomic E-state index is 0.539. The molecule has 1 N–H and O–H groups in total. The molecule has 0 aliphatic heterocycles. The zero-order valence-electron chi connectivity index (χ0n) is 10.00. The van der Waals surface area contributed by atoms with E-state index in [0.717, 1.165) is 14.6 Å². The molecular weight excluding hydrogens is 393 g/mol. The second-order valence-electron chi connectivity index (χ2n) is 3.83. The molecule has 2 aromatic rings. The number of hydrogen-bond acceptors (Lipinski definition) is 2. The molecule has 0 saturated heterocycles.